The summed E-state index contributed by atoms with van der Waals surface area (Å²) >= 11 is 3.05. The number of alkyl halides is 3. The van der Waals surface area contributed by atoms with Gasteiger partial charge in [-0.3, -0.25) is 4.79 Å². The highest BCUT2D eigenvalue weighted by molar-refractivity contribution is 9.10. The van der Waals surface area contributed by atoms with E-state index in [1.807, 2.05) is 0 Å². The number of anilines is 1. The quantitative estimate of drug-likeness (QED) is 0.726. The van der Waals surface area contributed by atoms with Crippen LogP contribution in [0, 0.1) is 0 Å². The fraction of sp³-hybridized carbons (Fsp3) is 0.471. The second kappa shape index (κ2) is 7.49. The molecule has 1 saturated heterocycles. The van der Waals surface area contributed by atoms with Crippen LogP contribution >= 0.6 is 15.9 Å². The molecule has 10 heteroatoms. The number of carbonyl (C=O) groups excluding carboxylic acids is 1. The molecular weight excluding hydrogens is 427 g/mol. The lowest BCUT2D eigenvalue weighted by Crippen LogP contribution is -2.46. The Bertz CT molecular complexity index is 830. The van der Waals surface area contributed by atoms with E-state index >= 15 is 0 Å². The third-order valence-electron chi connectivity index (χ3n) is 4.81. The van der Waals surface area contributed by atoms with Crippen LogP contribution in [0.4, 0.5) is 19.0 Å². The topological polar surface area (TPSA) is 54.3 Å². The van der Waals surface area contributed by atoms with E-state index in [-0.39, 0.29) is 22.2 Å². The summed E-state index contributed by atoms with van der Waals surface area (Å²) in [7, 11) is 3.46. The largest absolute Gasteiger partial charge is 0.419 e. The summed E-state index contributed by atoms with van der Waals surface area (Å²) in [5, 5.41) is 0. The SMILES string of the molecule is CN(C(=O)c1cncn1C)C1CCN(c2ncc(Br)cc2C(F)(F)F)CC1. The monoisotopic (exact) mass is 445 g/mol. The molecule has 0 atom stereocenters. The highest BCUT2D eigenvalue weighted by atomic mass is 79.9. The Morgan fingerprint density at radius 2 is 1.96 bits per heavy atom. The molecule has 0 bridgehead atoms. The predicted octanol–water partition coefficient (Wildman–Crippen LogP) is 3.34. The number of rotatable bonds is 3. The summed E-state index contributed by atoms with van der Waals surface area (Å²) in [6.45, 7) is 0.788. The summed E-state index contributed by atoms with van der Waals surface area (Å²) < 4.78 is 42.0. The van der Waals surface area contributed by atoms with E-state index in [4.69, 9.17) is 0 Å². The molecule has 2 aromatic rings. The Kier molecular flexibility index (Phi) is 5.45. The molecular formula is C17H19BrF3N5O. The van der Waals surface area contributed by atoms with Gasteiger partial charge < -0.3 is 14.4 Å². The van der Waals surface area contributed by atoms with Crippen LogP contribution in [0.2, 0.25) is 0 Å². The number of nitrogens with zero attached hydrogens (tertiary/aromatic N) is 5. The van der Waals surface area contributed by atoms with Crippen molar-refractivity contribution in [3.63, 3.8) is 0 Å². The van der Waals surface area contributed by atoms with Gasteiger partial charge in [-0.25, -0.2) is 9.97 Å². The predicted molar refractivity (Wildman–Crippen MR) is 97.5 cm³/mol. The first-order chi connectivity index (χ1) is 12.7. The molecule has 0 N–H and O–H groups in total. The molecule has 0 radical (unpaired) electrons. The molecule has 2 aromatic heterocycles. The summed E-state index contributed by atoms with van der Waals surface area (Å²) in [5.74, 6) is -0.212. The molecule has 0 spiro atoms. The van der Waals surface area contributed by atoms with Gasteiger partial charge in [-0.05, 0) is 34.8 Å². The van der Waals surface area contributed by atoms with Crippen molar-refractivity contribution in [2.75, 3.05) is 25.0 Å². The summed E-state index contributed by atoms with van der Waals surface area (Å²) in [6.07, 6.45) is 1.09. The number of carbonyl (C=O) groups is 1. The Labute approximate surface area is 163 Å². The summed E-state index contributed by atoms with van der Waals surface area (Å²) in [6, 6.07) is 1.00. The Balaban J connectivity index is 1.71. The maximum absolute atomic E-state index is 13.3. The number of piperidine rings is 1. The molecule has 1 fully saturated rings. The van der Waals surface area contributed by atoms with Crippen molar-refractivity contribution in [3.8, 4) is 0 Å². The van der Waals surface area contributed by atoms with E-state index in [1.54, 1.807) is 34.8 Å². The van der Waals surface area contributed by atoms with E-state index in [1.165, 1.54) is 12.4 Å². The molecule has 0 unspecified atom stereocenters. The van der Waals surface area contributed by atoms with E-state index in [9.17, 15) is 18.0 Å². The summed E-state index contributed by atoms with van der Waals surface area (Å²) in [4.78, 5) is 23.8. The lowest BCUT2D eigenvalue weighted by Gasteiger charge is -2.38. The van der Waals surface area contributed by atoms with Crippen LogP contribution in [0.3, 0.4) is 0 Å². The van der Waals surface area contributed by atoms with Gasteiger partial charge in [-0.1, -0.05) is 0 Å². The first-order valence-electron chi connectivity index (χ1n) is 8.39. The molecule has 3 heterocycles. The van der Waals surface area contributed by atoms with Crippen molar-refractivity contribution in [2.24, 2.45) is 7.05 Å². The van der Waals surface area contributed by atoms with Gasteiger partial charge in [0.05, 0.1) is 18.1 Å². The van der Waals surface area contributed by atoms with Crippen molar-refractivity contribution in [2.45, 2.75) is 25.1 Å². The van der Waals surface area contributed by atoms with Gasteiger partial charge in [0, 0.05) is 43.9 Å². The van der Waals surface area contributed by atoms with Gasteiger partial charge in [-0.15, -0.1) is 0 Å². The molecule has 1 aliphatic heterocycles. The molecule has 146 valence electrons. The number of halogens is 4. The molecule has 0 saturated carbocycles. The molecule has 3 rings (SSSR count). The van der Waals surface area contributed by atoms with Gasteiger partial charge in [-0.2, -0.15) is 13.2 Å². The minimum absolute atomic E-state index is 0.0477. The smallest absolute Gasteiger partial charge is 0.356 e. The summed E-state index contributed by atoms with van der Waals surface area (Å²) in [5.41, 5.74) is -0.275. The molecule has 1 amide bonds. The minimum atomic E-state index is -4.48. The molecule has 6 nitrogen and oxygen atoms in total. The second-order valence-electron chi connectivity index (χ2n) is 6.55. The van der Waals surface area contributed by atoms with Crippen LogP contribution in [-0.2, 0) is 13.2 Å². The first kappa shape index (κ1) is 19.7. The molecule has 0 aromatic carbocycles. The van der Waals surface area contributed by atoms with Crippen LogP contribution in [0.5, 0.6) is 0 Å². The third kappa shape index (κ3) is 4.10. The Hall–Kier alpha value is -2.10. The van der Waals surface area contributed by atoms with Crippen molar-refractivity contribution in [1.29, 1.82) is 0 Å². The molecule has 27 heavy (non-hydrogen) atoms. The van der Waals surface area contributed by atoms with Gasteiger partial charge in [0.25, 0.3) is 5.91 Å². The zero-order chi connectivity index (χ0) is 19.8. The minimum Gasteiger partial charge on any atom is -0.356 e. The average molecular weight is 446 g/mol. The van der Waals surface area contributed by atoms with Crippen molar-refractivity contribution in [1.82, 2.24) is 19.4 Å². The van der Waals surface area contributed by atoms with Crippen LogP contribution in [0.25, 0.3) is 0 Å². The number of amides is 1. The lowest BCUT2D eigenvalue weighted by atomic mass is 10.0. The van der Waals surface area contributed by atoms with Gasteiger partial charge in [0.1, 0.15) is 11.5 Å². The van der Waals surface area contributed by atoms with E-state index < -0.39 is 11.7 Å². The third-order valence-corrected chi connectivity index (χ3v) is 5.24. The van der Waals surface area contributed by atoms with Crippen molar-refractivity contribution in [3.05, 3.63) is 40.5 Å². The fourth-order valence-corrected chi connectivity index (χ4v) is 3.60. The zero-order valence-corrected chi connectivity index (χ0v) is 16.5. The molecule has 0 aliphatic carbocycles. The highest BCUT2D eigenvalue weighted by Gasteiger charge is 2.37. The van der Waals surface area contributed by atoms with Gasteiger partial charge >= 0.3 is 6.18 Å². The van der Waals surface area contributed by atoms with E-state index in [0.29, 0.717) is 31.6 Å². The van der Waals surface area contributed by atoms with Crippen molar-refractivity contribution < 1.29 is 18.0 Å². The lowest BCUT2D eigenvalue weighted by molar-refractivity contribution is -0.137. The van der Waals surface area contributed by atoms with Crippen LogP contribution < -0.4 is 4.90 Å². The number of aryl methyl sites for hydroxylation is 1. The number of hydrogen-bond acceptors (Lipinski definition) is 4. The standard InChI is InChI=1S/C17H19BrF3N5O/c1-24-10-22-9-14(24)16(27)25(2)12-3-5-26(6-4-12)15-13(17(19,20)21)7-11(18)8-23-15/h7-10,12H,3-6H2,1-2H3. The highest BCUT2D eigenvalue weighted by Crippen LogP contribution is 2.37. The average Bonchev–Trinajstić information content (AvgIpc) is 3.06. The number of aromatic nitrogens is 3. The second-order valence-corrected chi connectivity index (χ2v) is 7.46. The maximum atomic E-state index is 13.3. The van der Waals surface area contributed by atoms with Gasteiger partial charge in [0.15, 0.2) is 0 Å². The Morgan fingerprint density at radius 1 is 1.30 bits per heavy atom. The van der Waals surface area contributed by atoms with Crippen LogP contribution in [-0.4, -0.2) is 51.5 Å². The normalized spacial score (nSPS) is 15.9. The van der Waals surface area contributed by atoms with Crippen LogP contribution in [0.1, 0.15) is 28.9 Å². The molecule has 1 aliphatic rings. The zero-order valence-electron chi connectivity index (χ0n) is 14.9. The maximum Gasteiger partial charge on any atom is 0.419 e. The number of imidazole rings is 1. The number of pyridine rings is 1. The van der Waals surface area contributed by atoms with E-state index in [0.717, 1.165) is 6.07 Å². The van der Waals surface area contributed by atoms with Crippen molar-refractivity contribution >= 4 is 27.7 Å². The van der Waals surface area contributed by atoms with Crippen LogP contribution in [0.15, 0.2) is 29.3 Å². The fourth-order valence-electron chi connectivity index (χ4n) is 3.27. The Morgan fingerprint density at radius 3 is 2.52 bits per heavy atom. The number of hydrogen-bond donors (Lipinski definition) is 0. The first-order valence-corrected chi connectivity index (χ1v) is 9.19. The van der Waals surface area contributed by atoms with Gasteiger partial charge in [0.2, 0.25) is 0 Å². The van der Waals surface area contributed by atoms with E-state index in [2.05, 4.69) is 25.9 Å².